The minimum atomic E-state index is -0.945. The zero-order valence-electron chi connectivity index (χ0n) is 15.9. The molecule has 0 saturated carbocycles. The lowest BCUT2D eigenvalue weighted by molar-refractivity contribution is 0.204. The van der Waals surface area contributed by atoms with Gasteiger partial charge < -0.3 is 5.11 Å². The highest BCUT2D eigenvalue weighted by Gasteiger charge is 2.19. The number of hydrogen-bond donors (Lipinski definition) is 1. The van der Waals surface area contributed by atoms with Gasteiger partial charge in [-0.1, -0.05) is 88.3 Å². The first-order valence-electron chi connectivity index (χ1n) is 9.90. The molecule has 26 heavy (non-hydrogen) atoms. The lowest BCUT2D eigenvalue weighted by Crippen LogP contribution is -2.24. The average Bonchev–Trinajstić information content (AvgIpc) is 2.66. The Morgan fingerprint density at radius 1 is 0.808 bits per heavy atom. The minimum absolute atomic E-state index is 0.684. The lowest BCUT2D eigenvalue weighted by Gasteiger charge is -2.22. The van der Waals surface area contributed by atoms with Crippen LogP contribution >= 0.6 is 0 Å². The molecule has 1 N–H and O–H groups in total. The Hall–Kier alpha value is -2.29. The second-order valence-corrected chi connectivity index (χ2v) is 6.81. The highest BCUT2D eigenvalue weighted by molar-refractivity contribution is 5.95. The summed E-state index contributed by atoms with van der Waals surface area (Å²) in [6.45, 7) is 2.24. The van der Waals surface area contributed by atoms with Gasteiger partial charge >= 0.3 is 6.09 Å². The minimum Gasteiger partial charge on any atom is -0.464 e. The van der Waals surface area contributed by atoms with E-state index in [0.717, 1.165) is 24.1 Å². The van der Waals surface area contributed by atoms with Gasteiger partial charge in [0.2, 0.25) is 0 Å². The van der Waals surface area contributed by atoms with E-state index in [2.05, 4.69) is 13.0 Å². The monoisotopic (exact) mass is 353 g/mol. The van der Waals surface area contributed by atoms with Crippen LogP contribution in [0.4, 0.5) is 16.2 Å². The van der Waals surface area contributed by atoms with Crippen molar-refractivity contribution in [2.75, 3.05) is 4.90 Å². The van der Waals surface area contributed by atoms with Crippen LogP contribution in [0.5, 0.6) is 0 Å². The highest BCUT2D eigenvalue weighted by Crippen LogP contribution is 2.29. The van der Waals surface area contributed by atoms with E-state index in [-0.39, 0.29) is 0 Å². The molecule has 3 heteroatoms. The number of hydrogen-bond acceptors (Lipinski definition) is 1. The summed E-state index contributed by atoms with van der Waals surface area (Å²) in [4.78, 5) is 13.3. The van der Waals surface area contributed by atoms with Gasteiger partial charge in [-0.3, -0.25) is 0 Å². The van der Waals surface area contributed by atoms with Crippen LogP contribution in [0.2, 0.25) is 0 Å². The summed E-state index contributed by atoms with van der Waals surface area (Å²) in [7, 11) is 0. The van der Waals surface area contributed by atoms with Gasteiger partial charge in [-0.25, -0.2) is 9.69 Å². The van der Waals surface area contributed by atoms with Crippen molar-refractivity contribution in [3.05, 3.63) is 60.2 Å². The van der Waals surface area contributed by atoms with Gasteiger partial charge in [0.1, 0.15) is 0 Å². The van der Waals surface area contributed by atoms with E-state index in [4.69, 9.17) is 0 Å². The van der Waals surface area contributed by atoms with Crippen LogP contribution < -0.4 is 4.90 Å². The number of unbranched alkanes of at least 4 members (excludes halogenated alkanes) is 7. The third-order valence-corrected chi connectivity index (χ3v) is 4.74. The van der Waals surface area contributed by atoms with Crippen molar-refractivity contribution in [1.82, 2.24) is 0 Å². The molecule has 0 atom stereocenters. The van der Waals surface area contributed by atoms with Gasteiger partial charge in [0.05, 0.1) is 11.4 Å². The van der Waals surface area contributed by atoms with Crippen LogP contribution in [0.1, 0.15) is 63.9 Å². The first-order chi connectivity index (χ1) is 12.7. The van der Waals surface area contributed by atoms with Crippen molar-refractivity contribution in [2.24, 2.45) is 0 Å². The Balaban J connectivity index is 1.95. The fourth-order valence-corrected chi connectivity index (χ4v) is 3.32. The van der Waals surface area contributed by atoms with Crippen molar-refractivity contribution >= 4 is 17.5 Å². The molecular formula is C23H31NO2. The molecule has 0 unspecified atom stereocenters. The van der Waals surface area contributed by atoms with E-state index in [1.807, 2.05) is 48.5 Å². The number of rotatable bonds is 11. The van der Waals surface area contributed by atoms with Crippen molar-refractivity contribution in [3.8, 4) is 0 Å². The fraction of sp³-hybridized carbons (Fsp3) is 0.435. The summed E-state index contributed by atoms with van der Waals surface area (Å²) in [5, 5.41) is 9.74. The van der Waals surface area contributed by atoms with Crippen LogP contribution in [-0.2, 0) is 6.42 Å². The molecular weight excluding hydrogens is 322 g/mol. The SMILES string of the molecule is CCCCCCCCCCc1ccccc1N(C(=O)O)c1ccccc1. The maximum absolute atomic E-state index is 11.9. The van der Waals surface area contributed by atoms with E-state index >= 15 is 0 Å². The Bertz CT molecular complexity index is 654. The van der Waals surface area contributed by atoms with E-state index in [1.165, 1.54) is 49.8 Å². The maximum atomic E-state index is 11.9. The number of amides is 1. The number of nitrogens with zero attached hydrogens (tertiary/aromatic N) is 1. The second-order valence-electron chi connectivity index (χ2n) is 6.81. The standard InChI is InChI=1S/C23H31NO2/c1-2-3-4-5-6-7-8-10-15-20-16-13-14-19-22(20)24(23(25)26)21-17-11-9-12-18-21/h9,11-14,16-19H,2-8,10,15H2,1H3,(H,25,26). The number of anilines is 2. The van der Waals surface area contributed by atoms with Crippen LogP contribution in [0.25, 0.3) is 0 Å². The summed E-state index contributed by atoms with van der Waals surface area (Å²) in [6, 6.07) is 17.2. The van der Waals surface area contributed by atoms with Gasteiger partial charge in [-0.2, -0.15) is 0 Å². The van der Waals surface area contributed by atoms with E-state index in [1.54, 1.807) is 0 Å². The first-order valence-corrected chi connectivity index (χ1v) is 9.90. The zero-order valence-corrected chi connectivity index (χ0v) is 15.9. The number of carboxylic acid groups (broad SMARTS) is 1. The van der Waals surface area contributed by atoms with E-state index < -0.39 is 6.09 Å². The average molecular weight is 354 g/mol. The summed E-state index contributed by atoms with van der Waals surface area (Å²) in [5.41, 5.74) is 2.56. The molecule has 0 aliphatic heterocycles. The van der Waals surface area contributed by atoms with Gasteiger partial charge in [0, 0.05) is 0 Å². The van der Waals surface area contributed by atoms with E-state index in [9.17, 15) is 9.90 Å². The Morgan fingerprint density at radius 3 is 2.04 bits per heavy atom. The number of para-hydroxylation sites is 2. The van der Waals surface area contributed by atoms with Crippen molar-refractivity contribution in [2.45, 2.75) is 64.7 Å². The smallest absolute Gasteiger partial charge is 0.416 e. The van der Waals surface area contributed by atoms with Gasteiger partial charge in [-0.05, 0) is 36.6 Å². The predicted octanol–water partition coefficient (Wildman–Crippen LogP) is 7.19. The summed E-state index contributed by atoms with van der Waals surface area (Å²) in [5.74, 6) is 0. The zero-order chi connectivity index (χ0) is 18.6. The normalized spacial score (nSPS) is 10.7. The van der Waals surface area contributed by atoms with Gasteiger partial charge in [-0.15, -0.1) is 0 Å². The van der Waals surface area contributed by atoms with E-state index in [0.29, 0.717) is 5.69 Å². The Morgan fingerprint density at radius 2 is 1.38 bits per heavy atom. The Labute approximate surface area is 157 Å². The summed E-state index contributed by atoms with van der Waals surface area (Å²) < 4.78 is 0. The molecule has 0 bridgehead atoms. The molecule has 0 spiro atoms. The van der Waals surface area contributed by atoms with Crippen molar-refractivity contribution in [1.29, 1.82) is 0 Å². The molecule has 0 saturated heterocycles. The highest BCUT2D eigenvalue weighted by atomic mass is 16.4. The van der Waals surface area contributed by atoms with Crippen LogP contribution in [0, 0.1) is 0 Å². The third-order valence-electron chi connectivity index (χ3n) is 4.74. The Kier molecular flexibility index (Phi) is 8.74. The molecule has 1 amide bonds. The lowest BCUT2D eigenvalue weighted by atomic mass is 10.0. The second kappa shape index (κ2) is 11.3. The molecule has 0 aliphatic carbocycles. The van der Waals surface area contributed by atoms with Crippen LogP contribution in [0.15, 0.2) is 54.6 Å². The van der Waals surface area contributed by atoms with Crippen LogP contribution in [-0.4, -0.2) is 11.2 Å². The number of benzene rings is 2. The molecule has 3 nitrogen and oxygen atoms in total. The fourth-order valence-electron chi connectivity index (χ4n) is 3.32. The molecule has 2 aromatic carbocycles. The van der Waals surface area contributed by atoms with Crippen molar-refractivity contribution < 1.29 is 9.90 Å². The molecule has 0 aromatic heterocycles. The molecule has 2 aromatic rings. The molecule has 0 radical (unpaired) electrons. The molecule has 0 heterocycles. The molecule has 140 valence electrons. The maximum Gasteiger partial charge on any atom is 0.416 e. The summed E-state index contributed by atoms with van der Waals surface area (Å²) >= 11 is 0. The van der Waals surface area contributed by atoms with Gasteiger partial charge in [0.25, 0.3) is 0 Å². The quantitative estimate of drug-likeness (QED) is 0.434. The largest absolute Gasteiger partial charge is 0.464 e. The first kappa shape index (κ1) is 20.0. The topological polar surface area (TPSA) is 40.5 Å². The molecule has 0 aliphatic rings. The number of carbonyl (C=O) groups is 1. The molecule has 2 rings (SSSR count). The summed E-state index contributed by atoms with van der Waals surface area (Å²) in [6.07, 6.45) is 10.2. The number of aryl methyl sites for hydroxylation is 1. The van der Waals surface area contributed by atoms with Gasteiger partial charge in [0.15, 0.2) is 0 Å². The van der Waals surface area contributed by atoms with Crippen molar-refractivity contribution in [3.63, 3.8) is 0 Å². The molecule has 0 fully saturated rings. The third kappa shape index (κ3) is 6.21. The van der Waals surface area contributed by atoms with Crippen LogP contribution in [0.3, 0.4) is 0 Å². The predicted molar refractivity (Wildman–Crippen MR) is 109 cm³/mol.